The second kappa shape index (κ2) is 7.26. The summed E-state index contributed by atoms with van der Waals surface area (Å²) in [7, 11) is -3.26. The Balaban J connectivity index is 1.94. The molecule has 6 nitrogen and oxygen atoms in total. The molecule has 0 aliphatic carbocycles. The molecule has 2 aromatic carbocycles. The van der Waals surface area contributed by atoms with E-state index in [1.807, 2.05) is 0 Å². The summed E-state index contributed by atoms with van der Waals surface area (Å²) in [5, 5.41) is 6.84. The van der Waals surface area contributed by atoms with E-state index in [0.717, 1.165) is 6.26 Å². The van der Waals surface area contributed by atoms with Crippen molar-refractivity contribution >= 4 is 39.4 Å². The van der Waals surface area contributed by atoms with Gasteiger partial charge in [-0.3, -0.25) is 0 Å². The van der Waals surface area contributed by atoms with Crippen LogP contribution in [0.1, 0.15) is 5.56 Å². The van der Waals surface area contributed by atoms with Crippen molar-refractivity contribution in [2.24, 2.45) is 5.10 Å². The van der Waals surface area contributed by atoms with Gasteiger partial charge in [-0.2, -0.15) is 5.10 Å². The molecule has 2 aromatic rings. The van der Waals surface area contributed by atoms with Gasteiger partial charge in [-0.1, -0.05) is 29.8 Å². The molecule has 0 spiro atoms. The molecule has 23 heavy (non-hydrogen) atoms. The zero-order valence-corrected chi connectivity index (χ0v) is 13.7. The molecule has 0 aliphatic heterocycles. The highest BCUT2D eigenvalue weighted by Gasteiger charge is 2.07. The zero-order valence-electron chi connectivity index (χ0n) is 12.2. The first kappa shape index (κ1) is 17.0. The third-order valence-electron chi connectivity index (χ3n) is 2.82. The fourth-order valence-electron chi connectivity index (χ4n) is 1.68. The van der Waals surface area contributed by atoms with Crippen molar-refractivity contribution in [3.63, 3.8) is 0 Å². The molecule has 0 unspecified atom stereocenters. The van der Waals surface area contributed by atoms with Gasteiger partial charge in [-0.05, 0) is 30.3 Å². The van der Waals surface area contributed by atoms with E-state index in [1.54, 1.807) is 24.3 Å². The maximum Gasteiger partial charge on any atom is 0.339 e. The van der Waals surface area contributed by atoms with Gasteiger partial charge in [-0.15, -0.1) is 0 Å². The minimum Gasteiger partial charge on any atom is -0.307 e. The average molecular weight is 352 g/mol. The first-order chi connectivity index (χ1) is 10.9. The van der Waals surface area contributed by atoms with Gasteiger partial charge in [0.15, 0.2) is 9.84 Å². The first-order valence-corrected chi connectivity index (χ1v) is 8.78. The summed E-state index contributed by atoms with van der Waals surface area (Å²) in [5.74, 6) is 0. The normalized spacial score (nSPS) is 11.4. The lowest BCUT2D eigenvalue weighted by molar-refractivity contribution is 0.252. The Morgan fingerprint density at radius 1 is 1.13 bits per heavy atom. The number of hydrogen-bond donors (Lipinski definition) is 2. The Morgan fingerprint density at radius 2 is 1.78 bits per heavy atom. The number of carbonyl (C=O) groups is 1. The number of amides is 2. The highest BCUT2D eigenvalue weighted by molar-refractivity contribution is 7.90. The van der Waals surface area contributed by atoms with E-state index in [4.69, 9.17) is 11.6 Å². The van der Waals surface area contributed by atoms with E-state index in [2.05, 4.69) is 15.8 Å². The molecule has 0 aliphatic rings. The molecule has 0 bridgehead atoms. The van der Waals surface area contributed by atoms with Crippen LogP contribution in [0.3, 0.4) is 0 Å². The molecule has 0 atom stereocenters. The Hall–Kier alpha value is -2.38. The lowest BCUT2D eigenvalue weighted by atomic mass is 10.2. The number of hydrazone groups is 1. The van der Waals surface area contributed by atoms with E-state index in [0.29, 0.717) is 16.3 Å². The summed E-state index contributed by atoms with van der Waals surface area (Å²) in [6.07, 6.45) is 2.54. The topological polar surface area (TPSA) is 87.6 Å². The Labute approximate surface area is 139 Å². The van der Waals surface area contributed by atoms with Crippen LogP contribution >= 0.6 is 11.6 Å². The van der Waals surface area contributed by atoms with E-state index >= 15 is 0 Å². The number of halogens is 1. The summed E-state index contributed by atoms with van der Waals surface area (Å²) in [6, 6.07) is 12.3. The second-order valence-corrected chi connectivity index (χ2v) is 7.07. The molecule has 0 aromatic heterocycles. The van der Waals surface area contributed by atoms with Crippen molar-refractivity contribution in [2.75, 3.05) is 11.6 Å². The van der Waals surface area contributed by atoms with Gasteiger partial charge in [0.2, 0.25) is 0 Å². The van der Waals surface area contributed by atoms with Crippen molar-refractivity contribution < 1.29 is 13.2 Å². The summed E-state index contributed by atoms with van der Waals surface area (Å²) in [5.41, 5.74) is 3.41. The van der Waals surface area contributed by atoms with Crippen LogP contribution in [0, 0.1) is 0 Å². The molecule has 2 N–H and O–H groups in total. The standard InChI is InChI=1S/C15H14ClN3O3S/c1-23(21,22)13-8-6-12(7-9-13)18-15(20)19-17-10-11-4-2-3-5-14(11)16/h2-10H,1H3,(H2,18,19,20)/b17-10-. The maximum atomic E-state index is 11.7. The van der Waals surface area contributed by atoms with E-state index in [1.165, 1.54) is 30.5 Å². The predicted molar refractivity (Wildman–Crippen MR) is 90.8 cm³/mol. The Kier molecular flexibility index (Phi) is 5.36. The van der Waals surface area contributed by atoms with Crippen molar-refractivity contribution in [1.82, 2.24) is 5.43 Å². The van der Waals surface area contributed by atoms with E-state index in [9.17, 15) is 13.2 Å². The number of sulfone groups is 1. The number of nitrogens with zero attached hydrogens (tertiary/aromatic N) is 1. The fraction of sp³-hybridized carbons (Fsp3) is 0.0667. The largest absolute Gasteiger partial charge is 0.339 e. The SMILES string of the molecule is CS(=O)(=O)c1ccc(NC(=O)N/N=C\c2ccccc2Cl)cc1. The summed E-state index contributed by atoms with van der Waals surface area (Å²) >= 11 is 5.95. The highest BCUT2D eigenvalue weighted by Crippen LogP contribution is 2.14. The van der Waals surface area contributed by atoms with Crippen molar-refractivity contribution in [3.05, 3.63) is 59.1 Å². The number of carbonyl (C=O) groups excluding carboxylic acids is 1. The van der Waals surface area contributed by atoms with Gasteiger partial charge in [0.1, 0.15) is 0 Å². The minimum atomic E-state index is -3.26. The van der Waals surface area contributed by atoms with Crippen LogP contribution in [0.2, 0.25) is 5.02 Å². The third kappa shape index (κ3) is 5.08. The van der Waals surface area contributed by atoms with E-state index < -0.39 is 15.9 Å². The molecule has 0 radical (unpaired) electrons. The van der Waals surface area contributed by atoms with Crippen molar-refractivity contribution in [2.45, 2.75) is 4.90 Å². The van der Waals surface area contributed by atoms with Crippen LogP contribution in [0.4, 0.5) is 10.5 Å². The number of nitrogens with one attached hydrogen (secondary N) is 2. The van der Waals surface area contributed by atoms with Gasteiger partial charge < -0.3 is 5.32 Å². The molecular weight excluding hydrogens is 338 g/mol. The van der Waals surface area contributed by atoms with Gasteiger partial charge >= 0.3 is 6.03 Å². The molecule has 0 saturated heterocycles. The molecule has 2 rings (SSSR count). The fourth-order valence-corrected chi connectivity index (χ4v) is 2.50. The lowest BCUT2D eigenvalue weighted by Crippen LogP contribution is -2.24. The zero-order chi connectivity index (χ0) is 16.9. The second-order valence-electron chi connectivity index (χ2n) is 4.64. The first-order valence-electron chi connectivity index (χ1n) is 6.51. The molecule has 0 saturated carbocycles. The van der Waals surface area contributed by atoms with Gasteiger partial charge in [0.25, 0.3) is 0 Å². The number of anilines is 1. The van der Waals surface area contributed by atoms with Crippen molar-refractivity contribution in [3.8, 4) is 0 Å². The molecule has 8 heteroatoms. The summed E-state index contributed by atoms with van der Waals surface area (Å²) in [4.78, 5) is 11.9. The highest BCUT2D eigenvalue weighted by atomic mass is 35.5. The summed E-state index contributed by atoms with van der Waals surface area (Å²) < 4.78 is 22.7. The van der Waals surface area contributed by atoms with Gasteiger partial charge in [0, 0.05) is 22.5 Å². The van der Waals surface area contributed by atoms with Crippen LogP contribution in [0.25, 0.3) is 0 Å². The van der Waals surface area contributed by atoms with Crippen molar-refractivity contribution in [1.29, 1.82) is 0 Å². The number of rotatable bonds is 4. The van der Waals surface area contributed by atoms with Crippen LogP contribution in [-0.4, -0.2) is 26.9 Å². The van der Waals surface area contributed by atoms with Gasteiger partial charge in [0.05, 0.1) is 11.1 Å². The third-order valence-corrected chi connectivity index (χ3v) is 4.29. The molecular formula is C15H14ClN3O3S. The molecule has 120 valence electrons. The quantitative estimate of drug-likeness (QED) is 0.655. The van der Waals surface area contributed by atoms with Crippen LogP contribution < -0.4 is 10.7 Å². The lowest BCUT2D eigenvalue weighted by Gasteiger charge is -2.05. The van der Waals surface area contributed by atoms with Crippen LogP contribution in [-0.2, 0) is 9.84 Å². The summed E-state index contributed by atoms with van der Waals surface area (Å²) in [6.45, 7) is 0. The molecule has 0 heterocycles. The Morgan fingerprint density at radius 3 is 2.39 bits per heavy atom. The number of hydrogen-bond acceptors (Lipinski definition) is 4. The monoisotopic (exact) mass is 351 g/mol. The van der Waals surface area contributed by atoms with Crippen LogP contribution in [0.5, 0.6) is 0 Å². The smallest absolute Gasteiger partial charge is 0.307 e. The van der Waals surface area contributed by atoms with Gasteiger partial charge in [-0.25, -0.2) is 18.6 Å². The Bertz CT molecular complexity index is 833. The predicted octanol–water partition coefficient (Wildman–Crippen LogP) is 2.90. The maximum absolute atomic E-state index is 11.7. The van der Waals surface area contributed by atoms with Crippen LogP contribution in [0.15, 0.2) is 58.5 Å². The molecule has 2 amide bonds. The molecule has 0 fully saturated rings. The van der Waals surface area contributed by atoms with E-state index in [-0.39, 0.29) is 4.90 Å². The number of benzene rings is 2. The minimum absolute atomic E-state index is 0.181. The average Bonchev–Trinajstić information content (AvgIpc) is 2.49. The number of urea groups is 1.